The number of unbranched alkanes of at least 4 members (excludes halogenated alkanes) is 2. The van der Waals surface area contributed by atoms with E-state index in [2.05, 4.69) is 206 Å². The molecule has 0 nitrogen and oxygen atoms in total. The maximum absolute atomic E-state index is 3.60. The van der Waals surface area contributed by atoms with Crippen LogP contribution in [0.2, 0.25) is 0 Å². The van der Waals surface area contributed by atoms with Crippen molar-refractivity contribution in [1.29, 1.82) is 0 Å². The summed E-state index contributed by atoms with van der Waals surface area (Å²) in [6, 6.07) is 77.5. The van der Waals surface area contributed by atoms with E-state index in [-0.39, 0.29) is 0 Å². The van der Waals surface area contributed by atoms with E-state index in [9.17, 15) is 0 Å². The van der Waals surface area contributed by atoms with Gasteiger partial charge in [-0.05, 0) is 32.7 Å². The maximum Gasteiger partial charge on any atom is -0.171 e. The summed E-state index contributed by atoms with van der Waals surface area (Å²) >= 11 is 1.36. The Hall–Kier alpha value is -5.40. The molecule has 0 aliphatic carbocycles. The molecule has 2 radical (unpaired) electrons. The van der Waals surface area contributed by atoms with Crippen LogP contribution in [0.15, 0.2) is 206 Å². The van der Waals surface area contributed by atoms with Gasteiger partial charge in [0.15, 0.2) is 0 Å². The zero-order valence-corrected chi connectivity index (χ0v) is 40.3. The van der Waals surface area contributed by atoms with E-state index in [0.29, 0.717) is 0 Å². The fourth-order valence-corrected chi connectivity index (χ4v) is 6.84. The van der Waals surface area contributed by atoms with Crippen LogP contribution in [0.3, 0.4) is 0 Å². The molecule has 0 saturated carbocycles. The minimum absolute atomic E-state index is 1.07. The van der Waals surface area contributed by atoms with Crippen molar-refractivity contribution in [2.24, 2.45) is 0 Å². The molecular formula is C60H58SiZr-6. The summed E-state index contributed by atoms with van der Waals surface area (Å²) in [6.45, 7) is 18.8. The Morgan fingerprint density at radius 3 is 1.03 bits per heavy atom. The van der Waals surface area contributed by atoms with E-state index >= 15 is 0 Å². The second-order valence-electron chi connectivity index (χ2n) is 14.6. The monoisotopic (exact) mass is 896 g/mol. The Kier molecular flexibility index (Phi) is 22.4. The molecule has 0 unspecified atom stereocenters. The van der Waals surface area contributed by atoms with Crippen molar-refractivity contribution in [1.82, 2.24) is 0 Å². The quantitative estimate of drug-likeness (QED) is 0.122. The average Bonchev–Trinajstić information content (AvgIpc) is 3.94. The van der Waals surface area contributed by atoms with Crippen LogP contribution in [-0.2, 0) is 23.3 Å². The molecule has 0 saturated heterocycles. The van der Waals surface area contributed by atoms with E-state index in [1.807, 2.05) is 60.7 Å². The molecule has 0 aliphatic heterocycles. The molecule has 0 aliphatic rings. The molecule has 10 aromatic rings. The smallest absolute Gasteiger partial charge is 0.171 e. The first kappa shape index (κ1) is 49.3. The first-order valence-electron chi connectivity index (χ1n) is 21.4. The second kappa shape index (κ2) is 28.2. The standard InChI is InChI=1S/2C20H15.2C6H5.2C4H9.Si.Zr/c2*1-14-12-16-8-5-11-19(20(16)13-14)18-10-4-7-15-6-2-3-9-17(15)18;2*1-2-4-6-5-3-1;2*1-3-4-2;;/h2*2-13H,1H3;2*1-5H;2*1,3-4H2,2H3;;/q6*-1;;. The van der Waals surface area contributed by atoms with Crippen molar-refractivity contribution in [2.45, 2.75) is 53.4 Å². The van der Waals surface area contributed by atoms with Gasteiger partial charge in [0.2, 0.25) is 0 Å². The number of aryl methyl sites for hydroxylation is 2. The maximum atomic E-state index is 3.60. The van der Waals surface area contributed by atoms with Gasteiger partial charge in [0.1, 0.15) is 0 Å². The Labute approximate surface area is 389 Å². The summed E-state index contributed by atoms with van der Waals surface area (Å²) < 4.78 is 0. The third-order valence-electron chi connectivity index (χ3n) is 9.87. The van der Waals surface area contributed by atoms with Crippen LogP contribution in [0, 0.1) is 39.8 Å². The van der Waals surface area contributed by atoms with Crippen LogP contribution in [0.1, 0.15) is 50.7 Å². The van der Waals surface area contributed by atoms with E-state index in [0.717, 1.165) is 12.8 Å². The van der Waals surface area contributed by atoms with Crippen LogP contribution in [0.25, 0.3) is 65.3 Å². The first-order chi connectivity index (χ1) is 30.5. The van der Waals surface area contributed by atoms with E-state index in [4.69, 9.17) is 0 Å². The molecule has 0 fully saturated rings. The van der Waals surface area contributed by atoms with E-state index in [1.54, 1.807) is 0 Å². The summed E-state index contributed by atoms with van der Waals surface area (Å²) in [5.74, 6) is 0. The van der Waals surface area contributed by atoms with Crippen molar-refractivity contribution in [2.75, 3.05) is 0 Å². The summed E-state index contributed by atoms with van der Waals surface area (Å²) in [5, 5.41) is 10.6. The van der Waals surface area contributed by atoms with Gasteiger partial charge in [0.25, 0.3) is 0 Å². The summed E-state index contributed by atoms with van der Waals surface area (Å²) in [5.41, 5.74) is 7.94. The average molecular weight is 898 g/mol. The summed E-state index contributed by atoms with van der Waals surface area (Å²) in [4.78, 5) is 0. The molecule has 10 aromatic carbocycles. The van der Waals surface area contributed by atoms with Gasteiger partial charge in [-0.25, -0.2) is 0 Å². The second-order valence-corrected chi connectivity index (χ2v) is 14.6. The van der Waals surface area contributed by atoms with E-state index in [1.165, 1.54) is 113 Å². The molecule has 0 spiro atoms. The van der Waals surface area contributed by atoms with Crippen LogP contribution in [0.4, 0.5) is 0 Å². The fourth-order valence-electron chi connectivity index (χ4n) is 6.84. The van der Waals surface area contributed by atoms with Crippen LogP contribution in [0.5, 0.6) is 0 Å². The fraction of sp³-hybridized carbons (Fsp3) is 0.133. The Bertz CT molecular complexity index is 2480. The van der Waals surface area contributed by atoms with E-state index < -0.39 is 0 Å². The molecule has 0 N–H and O–H groups in total. The van der Waals surface area contributed by atoms with Gasteiger partial charge < -0.3 is 13.8 Å². The molecule has 312 valence electrons. The summed E-state index contributed by atoms with van der Waals surface area (Å²) in [7, 11) is 0. The predicted molar refractivity (Wildman–Crippen MR) is 271 cm³/mol. The number of hydrogen-bond donors (Lipinski definition) is 0. The van der Waals surface area contributed by atoms with Crippen LogP contribution >= 0.6 is 0 Å². The molecular weight excluding hydrogens is 840 g/mol. The normalized spacial score (nSPS) is 9.82. The van der Waals surface area contributed by atoms with Crippen molar-refractivity contribution < 1.29 is 23.3 Å². The predicted octanol–water partition coefficient (Wildman–Crippen LogP) is 17.2. The van der Waals surface area contributed by atoms with Gasteiger partial charge in [-0.2, -0.15) is 97.8 Å². The van der Waals surface area contributed by atoms with Crippen LogP contribution < -0.4 is 0 Å². The molecule has 62 heavy (non-hydrogen) atoms. The zero-order valence-electron chi connectivity index (χ0n) is 36.9. The van der Waals surface area contributed by atoms with Gasteiger partial charge in [-0.1, -0.05) is 149 Å². The van der Waals surface area contributed by atoms with Gasteiger partial charge in [0, 0.05) is 0 Å². The molecule has 0 atom stereocenters. The number of benzene rings is 8. The summed E-state index contributed by atoms with van der Waals surface area (Å²) in [6.07, 6.45) is 4.56. The topological polar surface area (TPSA) is 0 Å². The largest absolute Gasteiger partial charge is 0.184 e. The molecule has 2 heteroatoms. The minimum Gasteiger partial charge on any atom is -0.184 e. The first-order valence-corrected chi connectivity index (χ1v) is 25.6. The Morgan fingerprint density at radius 1 is 0.419 bits per heavy atom. The van der Waals surface area contributed by atoms with Gasteiger partial charge in [-0.15, -0.1) is 69.1 Å². The van der Waals surface area contributed by atoms with Crippen molar-refractivity contribution in [3.8, 4) is 22.3 Å². The van der Waals surface area contributed by atoms with Gasteiger partial charge in [-0.3, -0.25) is 0 Å². The van der Waals surface area contributed by atoms with Crippen molar-refractivity contribution in [3.63, 3.8) is 0 Å². The minimum atomic E-state index is 1.07. The number of rotatable bonds is 4. The third kappa shape index (κ3) is 14.9. The third-order valence-corrected chi connectivity index (χ3v) is 9.87. The van der Waals surface area contributed by atoms with Crippen molar-refractivity contribution in [3.05, 3.63) is 243 Å². The Morgan fingerprint density at radius 2 is 0.726 bits per heavy atom. The van der Waals surface area contributed by atoms with Gasteiger partial charge in [0.05, 0.1) is 0 Å². The van der Waals surface area contributed by atoms with Crippen LogP contribution in [-0.4, -0.2) is 6.88 Å². The molecule has 10 rings (SSSR count). The van der Waals surface area contributed by atoms with Gasteiger partial charge >= 0.3 is 30.2 Å². The number of hydrogen-bond acceptors (Lipinski definition) is 0. The Balaban J connectivity index is 0.000000186. The molecule has 0 bridgehead atoms. The SMILES string of the molecule is Cc1cc2c(-c3cccc4ccccc34)cccc2[cH-]1.Cc1cc2c(-c3cccc4ccccc34)cccc2[cH-]1.[CH2-]CCC.[CH2-]CCC.[Si]=[Zr].[c-]1ccccc1.[c-]1ccccc1. The molecule has 0 heterocycles. The zero-order chi connectivity index (χ0) is 44.4. The van der Waals surface area contributed by atoms with Crippen molar-refractivity contribution >= 4 is 50.0 Å². The number of fused-ring (bicyclic) bond motifs is 4. The molecule has 0 aromatic heterocycles. The molecule has 0 amide bonds.